The molecule has 0 aliphatic carbocycles. The van der Waals surface area contributed by atoms with Crippen molar-refractivity contribution in [3.05, 3.63) is 72.2 Å². The average molecular weight is 347 g/mol. The minimum absolute atomic E-state index is 0.192. The van der Waals surface area contributed by atoms with Crippen molar-refractivity contribution in [3.63, 3.8) is 0 Å². The summed E-state index contributed by atoms with van der Waals surface area (Å²) in [7, 11) is 1.87. The van der Waals surface area contributed by atoms with Gasteiger partial charge in [-0.3, -0.25) is 4.79 Å². The highest BCUT2D eigenvalue weighted by Gasteiger charge is 2.09. The first-order valence-electron chi connectivity index (χ1n) is 9.89. The zero-order valence-corrected chi connectivity index (χ0v) is 14.2. The van der Waals surface area contributed by atoms with Crippen LogP contribution in [0.25, 0.3) is 22.3 Å². The van der Waals surface area contributed by atoms with Gasteiger partial charge in [0.05, 0.1) is 34.9 Å². The van der Waals surface area contributed by atoms with Gasteiger partial charge in [0.25, 0.3) is 5.91 Å². The van der Waals surface area contributed by atoms with Gasteiger partial charge in [-0.15, -0.1) is 0 Å². The second kappa shape index (κ2) is 6.40. The van der Waals surface area contributed by atoms with Crippen LogP contribution in [0.15, 0.2) is 61.1 Å². The Bertz CT molecular complexity index is 1290. The lowest BCUT2D eigenvalue weighted by Crippen LogP contribution is -2.12. The molecule has 0 unspecified atom stereocenters. The Hall–Kier alpha value is -3.54. The van der Waals surface area contributed by atoms with Crippen molar-refractivity contribution in [2.45, 2.75) is 6.92 Å². The smallest absolute Gasteiger partial charge is 0.256 e. The van der Waals surface area contributed by atoms with E-state index in [1.807, 2.05) is 23.7 Å². The molecule has 0 fully saturated rings. The van der Waals surface area contributed by atoms with Crippen molar-refractivity contribution in [1.82, 2.24) is 19.5 Å². The molecule has 4 rings (SSSR count). The van der Waals surface area contributed by atoms with Gasteiger partial charge in [-0.25, -0.2) is 15.0 Å². The van der Waals surface area contributed by atoms with Crippen LogP contribution in [-0.4, -0.2) is 25.4 Å². The number of nitrogens with zero attached hydrogens (tertiary/aromatic N) is 4. The van der Waals surface area contributed by atoms with Gasteiger partial charge in [-0.1, -0.05) is 17.6 Å². The second-order valence-electron chi connectivity index (χ2n) is 5.80. The van der Waals surface area contributed by atoms with Crippen LogP contribution in [0.3, 0.4) is 0 Å². The third kappa shape index (κ3) is 3.04. The normalized spacial score (nSPS) is 13.0. The second-order valence-corrected chi connectivity index (χ2v) is 5.80. The number of amides is 1. The molecular formula is C20H17N5O. The number of hydrogen-bond donors (Lipinski definition) is 1. The summed E-state index contributed by atoms with van der Waals surface area (Å²) in [4.78, 5) is 25.6. The Kier molecular flexibility index (Phi) is 2.93. The minimum Gasteiger partial charge on any atom is -0.332 e. The molecule has 0 bridgehead atoms. The van der Waals surface area contributed by atoms with E-state index in [4.69, 9.17) is 5.48 Å². The van der Waals surface area contributed by atoms with E-state index < -0.39 is 5.91 Å². The van der Waals surface area contributed by atoms with E-state index in [-0.39, 0.29) is 41.1 Å². The van der Waals surface area contributed by atoms with Gasteiger partial charge in [0.1, 0.15) is 5.82 Å². The Morgan fingerprint density at radius 3 is 2.73 bits per heavy atom. The van der Waals surface area contributed by atoms with Gasteiger partial charge in [0.15, 0.2) is 0 Å². The molecule has 6 heteroatoms. The number of fused-ring (bicyclic) bond motifs is 1. The maximum absolute atomic E-state index is 12.7. The molecule has 0 aliphatic rings. The van der Waals surface area contributed by atoms with Crippen LogP contribution in [0.4, 0.5) is 5.82 Å². The Morgan fingerprint density at radius 2 is 2.00 bits per heavy atom. The van der Waals surface area contributed by atoms with Crippen LogP contribution in [-0.2, 0) is 7.05 Å². The molecule has 128 valence electrons. The first-order valence-corrected chi connectivity index (χ1v) is 7.89. The van der Waals surface area contributed by atoms with Crippen LogP contribution in [0.2, 0.25) is 0 Å². The molecule has 1 amide bonds. The fourth-order valence-corrected chi connectivity index (χ4v) is 2.50. The number of carbonyl (C=O) groups excluding carboxylic acids is 1. The first-order chi connectivity index (χ1) is 14.3. The number of carbonyl (C=O) groups is 1. The largest absolute Gasteiger partial charge is 0.332 e. The number of hydrogen-bond acceptors (Lipinski definition) is 4. The zero-order valence-electron chi connectivity index (χ0n) is 18.2. The summed E-state index contributed by atoms with van der Waals surface area (Å²) in [6, 6.07) is 4.07. The number of rotatable bonds is 3. The van der Waals surface area contributed by atoms with E-state index >= 15 is 0 Å². The van der Waals surface area contributed by atoms with Crippen LogP contribution in [0.1, 0.15) is 21.4 Å². The van der Waals surface area contributed by atoms with Crippen LogP contribution < -0.4 is 5.32 Å². The molecule has 4 aromatic rings. The SMILES string of the molecule is [2H]c1c([2H])c(C(=O)Nc2cc3nc(-c4cncn4C)ccc3cn2)c([2H])c([2H])c1C. The lowest BCUT2D eigenvalue weighted by Gasteiger charge is -2.07. The van der Waals surface area contributed by atoms with Crippen molar-refractivity contribution in [3.8, 4) is 11.4 Å². The molecule has 0 atom stereocenters. The van der Waals surface area contributed by atoms with E-state index in [9.17, 15) is 4.79 Å². The van der Waals surface area contributed by atoms with Gasteiger partial charge in [-0.05, 0) is 31.1 Å². The summed E-state index contributed by atoms with van der Waals surface area (Å²) < 4.78 is 33.7. The summed E-state index contributed by atoms with van der Waals surface area (Å²) in [5, 5.41) is 3.33. The topological polar surface area (TPSA) is 72.7 Å². The van der Waals surface area contributed by atoms with E-state index in [1.165, 1.54) is 6.92 Å². The molecule has 1 aromatic carbocycles. The van der Waals surface area contributed by atoms with E-state index in [0.29, 0.717) is 11.2 Å². The summed E-state index contributed by atoms with van der Waals surface area (Å²) in [5.41, 5.74) is 2.01. The lowest BCUT2D eigenvalue weighted by molar-refractivity contribution is 0.102. The number of imidazole rings is 1. The molecule has 1 N–H and O–H groups in total. The molecule has 0 radical (unpaired) electrons. The molecule has 0 spiro atoms. The maximum Gasteiger partial charge on any atom is 0.256 e. The lowest BCUT2D eigenvalue weighted by atomic mass is 10.1. The molecule has 0 saturated heterocycles. The number of benzene rings is 1. The highest BCUT2D eigenvalue weighted by atomic mass is 16.1. The molecule has 6 nitrogen and oxygen atoms in total. The Balaban J connectivity index is 1.71. The Morgan fingerprint density at radius 1 is 1.19 bits per heavy atom. The minimum atomic E-state index is -0.762. The highest BCUT2D eigenvalue weighted by molar-refractivity contribution is 6.04. The molecule has 3 heterocycles. The third-order valence-corrected chi connectivity index (χ3v) is 3.87. The van der Waals surface area contributed by atoms with Crippen molar-refractivity contribution < 1.29 is 10.3 Å². The summed E-state index contributed by atoms with van der Waals surface area (Å²) in [6.45, 7) is 1.48. The number of pyridine rings is 2. The average Bonchev–Trinajstić information content (AvgIpc) is 3.16. The van der Waals surface area contributed by atoms with Crippen molar-refractivity contribution in [2.75, 3.05) is 5.32 Å². The zero-order chi connectivity index (χ0) is 21.6. The quantitative estimate of drug-likeness (QED) is 0.615. The third-order valence-electron chi connectivity index (χ3n) is 3.87. The summed E-state index contributed by atoms with van der Waals surface area (Å²) >= 11 is 0. The van der Waals surface area contributed by atoms with E-state index in [2.05, 4.69) is 20.3 Å². The monoisotopic (exact) mass is 347 g/mol. The van der Waals surface area contributed by atoms with Crippen LogP contribution in [0, 0.1) is 6.92 Å². The highest BCUT2D eigenvalue weighted by Crippen LogP contribution is 2.21. The first kappa shape index (κ1) is 11.9. The fourth-order valence-electron chi connectivity index (χ4n) is 2.50. The van der Waals surface area contributed by atoms with Crippen LogP contribution in [0.5, 0.6) is 0 Å². The van der Waals surface area contributed by atoms with E-state index in [0.717, 1.165) is 11.1 Å². The van der Waals surface area contributed by atoms with Gasteiger partial charge in [-0.2, -0.15) is 0 Å². The predicted octanol–water partition coefficient (Wildman–Crippen LogP) is 3.59. The van der Waals surface area contributed by atoms with Gasteiger partial charge < -0.3 is 9.88 Å². The fraction of sp³-hybridized carbons (Fsp3) is 0.100. The molecular weight excluding hydrogens is 326 g/mol. The van der Waals surface area contributed by atoms with Crippen molar-refractivity contribution in [1.29, 1.82) is 0 Å². The standard InChI is InChI=1S/C20H17N5O/c1-13-3-5-14(6-4-13)20(26)24-19-9-17-15(10-22-19)7-8-16(23-17)18-11-21-12-25(18)2/h3-12H,1-2H3,(H,22,24,26)/i3D,4D,5D,6D. The van der Waals surface area contributed by atoms with Gasteiger partial charge >= 0.3 is 0 Å². The van der Waals surface area contributed by atoms with Crippen molar-refractivity contribution >= 4 is 22.6 Å². The molecule has 26 heavy (non-hydrogen) atoms. The van der Waals surface area contributed by atoms with Crippen molar-refractivity contribution in [2.24, 2.45) is 7.05 Å². The van der Waals surface area contributed by atoms with Gasteiger partial charge in [0, 0.05) is 30.3 Å². The molecule has 0 saturated carbocycles. The number of nitrogens with one attached hydrogen (secondary N) is 1. The summed E-state index contributed by atoms with van der Waals surface area (Å²) in [5.74, 6) is -0.568. The molecule has 3 aromatic heterocycles. The van der Waals surface area contributed by atoms with Gasteiger partial charge in [0.2, 0.25) is 0 Å². The summed E-state index contributed by atoms with van der Waals surface area (Å²) in [6.07, 6.45) is 4.95. The van der Waals surface area contributed by atoms with E-state index in [1.54, 1.807) is 24.8 Å². The predicted molar refractivity (Wildman–Crippen MR) is 101 cm³/mol. The number of anilines is 1. The number of aromatic nitrogens is 4. The Labute approximate surface area is 156 Å². The van der Waals surface area contributed by atoms with Crippen LogP contribution >= 0.6 is 0 Å². The molecule has 0 aliphatic heterocycles. The maximum atomic E-state index is 12.7. The number of aryl methyl sites for hydroxylation is 1.